The summed E-state index contributed by atoms with van der Waals surface area (Å²) in [6, 6.07) is 8.67. The predicted octanol–water partition coefficient (Wildman–Crippen LogP) is 2.19. The van der Waals surface area contributed by atoms with E-state index < -0.39 is 11.9 Å². The largest absolute Gasteiger partial charge is 0.481 e. The fraction of sp³-hybridized carbons (Fsp3) is 0.579. The van der Waals surface area contributed by atoms with E-state index in [1.807, 2.05) is 13.0 Å². The van der Waals surface area contributed by atoms with Crippen molar-refractivity contribution in [1.82, 2.24) is 10.2 Å². The Morgan fingerprint density at radius 3 is 2.76 bits per heavy atom. The molecule has 2 aliphatic heterocycles. The van der Waals surface area contributed by atoms with Gasteiger partial charge in [-0.25, -0.2) is 4.79 Å². The lowest BCUT2D eigenvalue weighted by Gasteiger charge is -2.35. The Morgan fingerprint density at radius 1 is 1.24 bits per heavy atom. The summed E-state index contributed by atoms with van der Waals surface area (Å²) in [6.45, 7) is 6.44. The second-order valence-electron chi connectivity index (χ2n) is 7.39. The summed E-state index contributed by atoms with van der Waals surface area (Å²) in [7, 11) is 0. The average Bonchev–Trinajstić information content (AvgIpc) is 2.90. The number of nitrogens with zero attached hydrogens (tertiary/aromatic N) is 2. The van der Waals surface area contributed by atoms with Crippen LogP contribution in [-0.2, 0) is 11.2 Å². The number of amides is 2. The Hall–Kier alpha value is -2.24. The Kier molecular flexibility index (Phi) is 5.16. The highest BCUT2D eigenvalue weighted by molar-refractivity contribution is 5.76. The minimum absolute atomic E-state index is 0.155. The molecule has 3 rings (SSSR count). The smallest absolute Gasteiger partial charge is 0.317 e. The maximum atomic E-state index is 12.4. The lowest BCUT2D eigenvalue weighted by Crippen LogP contribution is -2.50. The zero-order valence-corrected chi connectivity index (χ0v) is 14.9. The highest BCUT2D eigenvalue weighted by atomic mass is 16.4. The second kappa shape index (κ2) is 7.33. The number of piperidine rings is 1. The van der Waals surface area contributed by atoms with Crippen LogP contribution in [0.5, 0.6) is 0 Å². The number of hydrogen-bond acceptors (Lipinski definition) is 3. The van der Waals surface area contributed by atoms with Crippen LogP contribution >= 0.6 is 0 Å². The molecule has 6 nitrogen and oxygen atoms in total. The molecule has 0 bridgehead atoms. The molecular weight excluding hydrogens is 318 g/mol. The van der Waals surface area contributed by atoms with Crippen molar-refractivity contribution in [3.8, 4) is 0 Å². The van der Waals surface area contributed by atoms with Crippen molar-refractivity contribution in [2.24, 2.45) is 11.8 Å². The molecule has 136 valence electrons. The summed E-state index contributed by atoms with van der Waals surface area (Å²) in [6.07, 6.45) is 1.68. The lowest BCUT2D eigenvalue weighted by atomic mass is 9.91. The molecule has 2 heterocycles. The van der Waals surface area contributed by atoms with E-state index in [1.54, 1.807) is 4.90 Å². The number of carbonyl (C=O) groups is 2. The molecule has 2 amide bonds. The van der Waals surface area contributed by atoms with Crippen LogP contribution in [0.3, 0.4) is 0 Å². The normalized spacial score (nSPS) is 25.6. The van der Waals surface area contributed by atoms with Crippen molar-refractivity contribution in [1.29, 1.82) is 0 Å². The average molecular weight is 345 g/mol. The fourth-order valence-corrected chi connectivity index (χ4v) is 4.06. The zero-order chi connectivity index (χ0) is 18.0. The van der Waals surface area contributed by atoms with Crippen LogP contribution in [0.25, 0.3) is 0 Å². The van der Waals surface area contributed by atoms with Crippen LogP contribution in [0.4, 0.5) is 10.5 Å². The Balaban J connectivity index is 1.52. The minimum Gasteiger partial charge on any atom is -0.481 e. The molecule has 2 N–H and O–H groups in total. The topological polar surface area (TPSA) is 72.9 Å². The first-order valence-corrected chi connectivity index (χ1v) is 9.06. The van der Waals surface area contributed by atoms with E-state index in [1.165, 1.54) is 11.3 Å². The van der Waals surface area contributed by atoms with Crippen molar-refractivity contribution >= 4 is 17.7 Å². The predicted molar refractivity (Wildman–Crippen MR) is 96.8 cm³/mol. The highest BCUT2D eigenvalue weighted by Crippen LogP contribution is 2.31. The number of anilines is 1. The first kappa shape index (κ1) is 17.6. The number of para-hydroxylation sites is 1. The highest BCUT2D eigenvalue weighted by Gasteiger charge is 2.32. The van der Waals surface area contributed by atoms with E-state index in [4.69, 9.17) is 0 Å². The molecule has 1 aromatic rings. The molecule has 3 atom stereocenters. The van der Waals surface area contributed by atoms with Crippen LogP contribution < -0.4 is 10.2 Å². The third-order valence-electron chi connectivity index (χ3n) is 5.27. The summed E-state index contributed by atoms with van der Waals surface area (Å²) < 4.78 is 0. The fourth-order valence-electron chi connectivity index (χ4n) is 4.06. The van der Waals surface area contributed by atoms with Gasteiger partial charge in [0.2, 0.25) is 0 Å². The van der Waals surface area contributed by atoms with Crippen molar-refractivity contribution in [3.63, 3.8) is 0 Å². The van der Waals surface area contributed by atoms with E-state index in [0.29, 0.717) is 32.1 Å². The van der Waals surface area contributed by atoms with E-state index in [2.05, 4.69) is 35.3 Å². The molecule has 1 fully saturated rings. The van der Waals surface area contributed by atoms with Gasteiger partial charge in [0.05, 0.1) is 5.92 Å². The minimum atomic E-state index is -0.813. The molecule has 3 unspecified atom stereocenters. The zero-order valence-electron chi connectivity index (χ0n) is 14.9. The maximum Gasteiger partial charge on any atom is 0.317 e. The van der Waals surface area contributed by atoms with Gasteiger partial charge in [0.25, 0.3) is 0 Å². The number of hydrogen-bond donors (Lipinski definition) is 2. The number of aliphatic carboxylic acids is 1. The second-order valence-corrected chi connectivity index (χ2v) is 7.39. The van der Waals surface area contributed by atoms with Gasteiger partial charge in [0.1, 0.15) is 0 Å². The molecule has 25 heavy (non-hydrogen) atoms. The Morgan fingerprint density at radius 2 is 2.00 bits per heavy atom. The summed E-state index contributed by atoms with van der Waals surface area (Å²) >= 11 is 0. The summed E-state index contributed by atoms with van der Waals surface area (Å²) in [4.78, 5) is 27.6. The van der Waals surface area contributed by atoms with E-state index in [-0.39, 0.29) is 11.9 Å². The van der Waals surface area contributed by atoms with Gasteiger partial charge in [0.15, 0.2) is 0 Å². The van der Waals surface area contributed by atoms with Crippen molar-refractivity contribution < 1.29 is 14.7 Å². The van der Waals surface area contributed by atoms with Crippen molar-refractivity contribution in [2.75, 3.05) is 31.1 Å². The maximum absolute atomic E-state index is 12.4. The molecule has 6 heteroatoms. The summed E-state index contributed by atoms with van der Waals surface area (Å²) in [5.41, 5.74) is 2.61. The molecule has 0 spiro atoms. The van der Waals surface area contributed by atoms with Gasteiger partial charge in [-0.2, -0.15) is 0 Å². The van der Waals surface area contributed by atoms with Crippen LogP contribution in [0.1, 0.15) is 25.8 Å². The van der Waals surface area contributed by atoms with Gasteiger partial charge < -0.3 is 20.2 Å². The molecule has 0 aliphatic carbocycles. The van der Waals surface area contributed by atoms with Crippen LogP contribution in [-0.4, -0.2) is 54.2 Å². The summed E-state index contributed by atoms with van der Waals surface area (Å²) in [5.74, 6) is -1.06. The van der Waals surface area contributed by atoms with Gasteiger partial charge in [0, 0.05) is 37.9 Å². The molecular formula is C19H27N3O3. The van der Waals surface area contributed by atoms with Crippen LogP contribution in [0.15, 0.2) is 24.3 Å². The van der Waals surface area contributed by atoms with Crippen LogP contribution in [0.2, 0.25) is 0 Å². The summed E-state index contributed by atoms with van der Waals surface area (Å²) in [5, 5.41) is 12.2. The first-order valence-electron chi connectivity index (χ1n) is 9.06. The lowest BCUT2D eigenvalue weighted by molar-refractivity contribution is -0.143. The Bertz CT molecular complexity index is 649. The number of rotatable bonds is 4. The quantitative estimate of drug-likeness (QED) is 0.877. The molecule has 1 aromatic carbocycles. The number of likely N-dealkylation sites (tertiary alicyclic amines) is 1. The van der Waals surface area contributed by atoms with Gasteiger partial charge in [-0.3, -0.25) is 4.79 Å². The molecule has 1 saturated heterocycles. The van der Waals surface area contributed by atoms with Gasteiger partial charge in [-0.05, 0) is 37.3 Å². The monoisotopic (exact) mass is 345 g/mol. The third kappa shape index (κ3) is 3.89. The number of carboxylic acids is 1. The molecule has 0 saturated carbocycles. The van der Waals surface area contributed by atoms with Crippen molar-refractivity contribution in [3.05, 3.63) is 29.8 Å². The van der Waals surface area contributed by atoms with E-state index in [0.717, 1.165) is 13.0 Å². The standard InChI is InChI=1S/C19H27N3O3/c1-13-9-16(18(23)24)12-21(11-13)19(25)20-7-8-22-14(2)10-15-5-3-4-6-17(15)22/h3-6,13-14,16H,7-12H2,1-2H3,(H,20,25)(H,23,24). The number of urea groups is 1. The first-order chi connectivity index (χ1) is 12.0. The number of nitrogens with one attached hydrogen (secondary N) is 1. The SMILES string of the molecule is CC1CC(C(=O)O)CN(C(=O)NCCN2c3ccccc3CC2C)C1. The van der Waals surface area contributed by atoms with Gasteiger partial charge >= 0.3 is 12.0 Å². The van der Waals surface area contributed by atoms with Crippen molar-refractivity contribution in [2.45, 2.75) is 32.7 Å². The molecule has 0 aromatic heterocycles. The number of benzene rings is 1. The molecule has 0 radical (unpaired) electrons. The van der Waals surface area contributed by atoms with E-state index >= 15 is 0 Å². The van der Waals surface area contributed by atoms with Crippen LogP contribution in [0, 0.1) is 11.8 Å². The Labute approximate surface area is 148 Å². The third-order valence-corrected chi connectivity index (χ3v) is 5.27. The number of carboxylic acid groups (broad SMARTS) is 1. The van der Waals surface area contributed by atoms with E-state index in [9.17, 15) is 14.7 Å². The molecule has 2 aliphatic rings. The van der Waals surface area contributed by atoms with Gasteiger partial charge in [-0.15, -0.1) is 0 Å². The van der Waals surface area contributed by atoms with Gasteiger partial charge in [-0.1, -0.05) is 25.1 Å². The number of fused-ring (bicyclic) bond motifs is 1. The number of carbonyl (C=O) groups excluding carboxylic acids is 1.